The number of carbonyl (C=O) groups excluding carboxylic acids is 2. The van der Waals surface area contributed by atoms with E-state index in [1.165, 1.54) is 0 Å². The molecular weight excluding hydrogens is 388 g/mol. The molecule has 0 saturated carbocycles. The Bertz CT molecular complexity index is 1190. The van der Waals surface area contributed by atoms with E-state index in [1.54, 1.807) is 19.9 Å². The van der Waals surface area contributed by atoms with Crippen molar-refractivity contribution in [2.75, 3.05) is 0 Å². The molecule has 3 aromatic rings. The smallest absolute Gasteiger partial charge is 0.338 e. The summed E-state index contributed by atoms with van der Waals surface area (Å²) in [6.45, 7) is 12.6. The summed E-state index contributed by atoms with van der Waals surface area (Å²) in [4.78, 5) is 23.8. The average Bonchev–Trinajstić information content (AvgIpc) is 2.73. The molecule has 3 aromatic carbocycles. The summed E-state index contributed by atoms with van der Waals surface area (Å²) in [7, 11) is 0. The van der Waals surface area contributed by atoms with Gasteiger partial charge in [-0.1, -0.05) is 50.8 Å². The van der Waals surface area contributed by atoms with Gasteiger partial charge < -0.3 is 9.47 Å². The molecule has 0 aromatic heterocycles. The van der Waals surface area contributed by atoms with Gasteiger partial charge in [-0.2, -0.15) is 0 Å². The zero-order valence-electron chi connectivity index (χ0n) is 18.2. The van der Waals surface area contributed by atoms with Crippen LogP contribution in [0.1, 0.15) is 32.8 Å². The summed E-state index contributed by atoms with van der Waals surface area (Å²) in [6, 6.07) is 17.4. The molecule has 0 aliphatic heterocycles. The van der Waals surface area contributed by atoms with E-state index in [4.69, 9.17) is 9.47 Å². The monoisotopic (exact) mass is 414 g/mol. The first kappa shape index (κ1) is 22.0. The third-order valence-corrected chi connectivity index (χ3v) is 4.77. The highest BCUT2D eigenvalue weighted by molar-refractivity contribution is 5.92. The van der Waals surface area contributed by atoms with Crippen LogP contribution in [0.5, 0.6) is 11.5 Å². The Balaban J connectivity index is 1.96. The van der Waals surface area contributed by atoms with Crippen LogP contribution in [0.25, 0.3) is 21.9 Å². The lowest BCUT2D eigenvalue weighted by molar-refractivity contribution is -0.130. The van der Waals surface area contributed by atoms with E-state index >= 15 is 0 Å². The van der Waals surface area contributed by atoms with E-state index < -0.39 is 11.9 Å². The highest BCUT2D eigenvalue weighted by Gasteiger charge is 2.11. The lowest BCUT2D eigenvalue weighted by Crippen LogP contribution is -2.08. The minimum absolute atomic E-state index is 0.352. The minimum atomic E-state index is -0.444. The van der Waals surface area contributed by atoms with Gasteiger partial charge in [0.25, 0.3) is 0 Å². The molecule has 4 heteroatoms. The average molecular weight is 415 g/mol. The third kappa shape index (κ3) is 5.48. The summed E-state index contributed by atoms with van der Waals surface area (Å²) in [5.74, 6) is 0.110. The van der Waals surface area contributed by atoms with Crippen molar-refractivity contribution in [3.63, 3.8) is 0 Å². The number of ether oxygens (including phenoxy) is 2. The molecular formula is C27H26O4. The number of benzene rings is 3. The third-order valence-electron chi connectivity index (χ3n) is 4.77. The molecule has 0 saturated heterocycles. The lowest BCUT2D eigenvalue weighted by Gasteiger charge is -2.11. The van der Waals surface area contributed by atoms with Gasteiger partial charge >= 0.3 is 11.9 Å². The Kier molecular flexibility index (Phi) is 6.71. The molecule has 0 aliphatic carbocycles. The summed E-state index contributed by atoms with van der Waals surface area (Å²) < 4.78 is 10.8. The maximum absolute atomic E-state index is 12.0. The zero-order chi connectivity index (χ0) is 22.5. The lowest BCUT2D eigenvalue weighted by atomic mass is 9.98. The topological polar surface area (TPSA) is 52.6 Å². The van der Waals surface area contributed by atoms with Crippen molar-refractivity contribution < 1.29 is 19.1 Å². The summed E-state index contributed by atoms with van der Waals surface area (Å²) >= 11 is 0. The van der Waals surface area contributed by atoms with Crippen LogP contribution in [0.3, 0.4) is 0 Å². The fraction of sp³-hybridized carbons (Fsp3) is 0.185. The van der Waals surface area contributed by atoms with Gasteiger partial charge in [0.1, 0.15) is 11.5 Å². The van der Waals surface area contributed by atoms with Crippen molar-refractivity contribution in [3.8, 4) is 22.6 Å². The Labute approximate surface area is 182 Å². The molecule has 0 spiro atoms. The molecule has 0 atom stereocenters. The summed E-state index contributed by atoms with van der Waals surface area (Å²) in [6.07, 6.45) is 1.87. The molecule has 0 N–H and O–H groups in total. The molecule has 0 bridgehead atoms. The number of hydrogen-bond acceptors (Lipinski definition) is 4. The SMILES string of the molecule is C=C(C)C(=O)Oc1cc(CCC)cc(-c2ccc3cc(OC(=O)C(=C)C)ccc3c2)c1. The summed E-state index contributed by atoms with van der Waals surface area (Å²) in [5, 5.41) is 1.96. The van der Waals surface area contributed by atoms with Crippen molar-refractivity contribution in [2.24, 2.45) is 0 Å². The van der Waals surface area contributed by atoms with Gasteiger partial charge in [-0.05, 0) is 78.1 Å². The van der Waals surface area contributed by atoms with E-state index in [9.17, 15) is 9.59 Å². The van der Waals surface area contributed by atoms with Gasteiger partial charge in [0.2, 0.25) is 0 Å². The van der Waals surface area contributed by atoms with Crippen LogP contribution in [0.15, 0.2) is 78.9 Å². The van der Waals surface area contributed by atoms with Crippen molar-refractivity contribution in [2.45, 2.75) is 33.6 Å². The molecule has 3 rings (SSSR count). The fourth-order valence-electron chi connectivity index (χ4n) is 3.17. The predicted molar refractivity (Wildman–Crippen MR) is 124 cm³/mol. The molecule has 158 valence electrons. The van der Waals surface area contributed by atoms with E-state index in [0.29, 0.717) is 22.6 Å². The zero-order valence-corrected chi connectivity index (χ0v) is 18.2. The largest absolute Gasteiger partial charge is 0.423 e. The Morgan fingerprint density at radius 2 is 1.35 bits per heavy atom. The van der Waals surface area contributed by atoms with E-state index in [0.717, 1.165) is 40.3 Å². The highest BCUT2D eigenvalue weighted by Crippen LogP contribution is 2.31. The number of rotatable bonds is 7. The number of esters is 2. The van der Waals surface area contributed by atoms with Crippen LogP contribution in [0.2, 0.25) is 0 Å². The molecule has 0 radical (unpaired) electrons. The summed E-state index contributed by atoms with van der Waals surface area (Å²) in [5.41, 5.74) is 3.79. The molecule has 0 fully saturated rings. The van der Waals surface area contributed by atoms with Gasteiger partial charge in [-0.3, -0.25) is 0 Å². The number of hydrogen-bond donors (Lipinski definition) is 0. The van der Waals surface area contributed by atoms with Gasteiger partial charge in [-0.25, -0.2) is 9.59 Å². The number of aryl methyl sites for hydroxylation is 1. The second-order valence-electron chi connectivity index (χ2n) is 7.68. The standard InChI is InChI=1S/C27H26O4/c1-6-7-19-12-23(16-25(13-19)31-27(29)18(4)5)21-8-9-22-15-24(11-10-20(22)14-21)30-26(28)17(2)3/h8-16H,2,4,6-7H2,1,3,5H3. The maximum atomic E-state index is 12.0. The van der Waals surface area contributed by atoms with Crippen LogP contribution in [0, 0.1) is 0 Å². The Hall–Kier alpha value is -3.66. The van der Waals surface area contributed by atoms with Crippen molar-refractivity contribution in [3.05, 3.63) is 84.5 Å². The fourth-order valence-corrected chi connectivity index (χ4v) is 3.17. The van der Waals surface area contributed by atoms with Gasteiger partial charge in [0, 0.05) is 11.1 Å². The first-order valence-electron chi connectivity index (χ1n) is 10.2. The van der Waals surface area contributed by atoms with Crippen molar-refractivity contribution in [1.82, 2.24) is 0 Å². The molecule has 0 unspecified atom stereocenters. The number of fused-ring (bicyclic) bond motifs is 1. The van der Waals surface area contributed by atoms with E-state index in [1.807, 2.05) is 36.4 Å². The predicted octanol–water partition coefficient (Wildman–Crippen LogP) is 6.42. The molecule has 31 heavy (non-hydrogen) atoms. The molecule has 0 aliphatic rings. The first-order valence-corrected chi connectivity index (χ1v) is 10.2. The second kappa shape index (κ2) is 9.43. The second-order valence-corrected chi connectivity index (χ2v) is 7.68. The van der Waals surface area contributed by atoms with Crippen LogP contribution in [-0.2, 0) is 16.0 Å². The normalized spacial score (nSPS) is 10.5. The van der Waals surface area contributed by atoms with Crippen molar-refractivity contribution in [1.29, 1.82) is 0 Å². The molecule has 4 nitrogen and oxygen atoms in total. The minimum Gasteiger partial charge on any atom is -0.423 e. The van der Waals surface area contributed by atoms with E-state index in [-0.39, 0.29) is 0 Å². The first-order chi connectivity index (χ1) is 14.8. The molecule has 0 amide bonds. The maximum Gasteiger partial charge on any atom is 0.338 e. The van der Waals surface area contributed by atoms with Crippen LogP contribution < -0.4 is 9.47 Å². The van der Waals surface area contributed by atoms with Crippen LogP contribution in [0.4, 0.5) is 0 Å². The van der Waals surface area contributed by atoms with Gasteiger partial charge in [-0.15, -0.1) is 0 Å². The van der Waals surface area contributed by atoms with Crippen LogP contribution >= 0.6 is 0 Å². The van der Waals surface area contributed by atoms with Gasteiger partial charge in [0.15, 0.2) is 0 Å². The van der Waals surface area contributed by atoms with Crippen molar-refractivity contribution >= 4 is 22.7 Å². The van der Waals surface area contributed by atoms with E-state index in [2.05, 4.69) is 32.2 Å². The Morgan fingerprint density at radius 1 is 0.742 bits per heavy atom. The quantitative estimate of drug-likeness (QED) is 0.254. The van der Waals surface area contributed by atoms with Crippen LogP contribution in [-0.4, -0.2) is 11.9 Å². The Morgan fingerprint density at radius 3 is 2.00 bits per heavy atom. The highest BCUT2D eigenvalue weighted by atomic mass is 16.5. The molecule has 0 heterocycles. The number of carbonyl (C=O) groups is 2. The van der Waals surface area contributed by atoms with Gasteiger partial charge in [0.05, 0.1) is 0 Å².